The molecule has 120 valence electrons. The van der Waals surface area contributed by atoms with Gasteiger partial charge in [0.2, 0.25) is 0 Å². The van der Waals surface area contributed by atoms with Crippen LogP contribution in [0.4, 0.5) is 0 Å². The van der Waals surface area contributed by atoms with Crippen molar-refractivity contribution in [2.24, 2.45) is 7.05 Å². The number of furan rings is 1. The van der Waals surface area contributed by atoms with Crippen molar-refractivity contribution in [2.45, 2.75) is 26.9 Å². The highest BCUT2D eigenvalue weighted by atomic mass is 16.3. The lowest BCUT2D eigenvalue weighted by Gasteiger charge is -2.05. The molecule has 0 saturated carbocycles. The summed E-state index contributed by atoms with van der Waals surface area (Å²) in [5.74, 6) is 1.27. The van der Waals surface area contributed by atoms with Crippen LogP contribution in [0.2, 0.25) is 0 Å². The molecule has 1 amide bonds. The van der Waals surface area contributed by atoms with Crippen LogP contribution in [0.1, 0.15) is 28.9 Å². The summed E-state index contributed by atoms with van der Waals surface area (Å²) < 4.78 is 8.79. The zero-order valence-electron chi connectivity index (χ0n) is 13.4. The first kappa shape index (κ1) is 15.1. The van der Waals surface area contributed by atoms with Crippen molar-refractivity contribution in [3.63, 3.8) is 0 Å². The van der Waals surface area contributed by atoms with E-state index >= 15 is 0 Å². The Bertz CT molecular complexity index is 930. The number of fused-ring (bicyclic) bond motifs is 1. The molecule has 0 aliphatic rings. The smallest absolute Gasteiger partial charge is 0.268 e. The van der Waals surface area contributed by atoms with Gasteiger partial charge in [0.05, 0.1) is 17.4 Å². The van der Waals surface area contributed by atoms with Crippen LogP contribution in [-0.2, 0) is 20.1 Å². The molecule has 6 heteroatoms. The average molecular weight is 313 g/mol. The minimum absolute atomic E-state index is 0.0821. The number of hydrogen-bond donors (Lipinski definition) is 1. The van der Waals surface area contributed by atoms with E-state index in [-0.39, 0.29) is 11.5 Å². The number of carbonyl (C=O) groups excluding carboxylic acids is 1. The van der Waals surface area contributed by atoms with Crippen molar-refractivity contribution in [3.05, 3.63) is 58.0 Å². The standard InChI is InChI=1S/C17H19N3O3/c1-4-20-8-7-14-13(17(20)22)9-15(19(14)3)16(21)18-10-12-6-5-11(2)23-12/h5-9H,4,10H2,1-3H3,(H,18,21). The molecule has 0 unspecified atom stereocenters. The fourth-order valence-corrected chi connectivity index (χ4v) is 2.68. The van der Waals surface area contributed by atoms with Crippen molar-refractivity contribution in [1.29, 1.82) is 0 Å². The Labute approximate surface area is 133 Å². The molecule has 23 heavy (non-hydrogen) atoms. The second-order valence-corrected chi connectivity index (χ2v) is 5.49. The van der Waals surface area contributed by atoms with E-state index in [1.807, 2.05) is 32.0 Å². The Hall–Kier alpha value is -2.76. The summed E-state index contributed by atoms with van der Waals surface area (Å²) >= 11 is 0. The molecule has 0 saturated heterocycles. The second kappa shape index (κ2) is 5.79. The lowest BCUT2D eigenvalue weighted by molar-refractivity contribution is 0.0940. The number of aromatic nitrogens is 2. The minimum atomic E-state index is -0.236. The third-order valence-corrected chi connectivity index (χ3v) is 3.98. The van der Waals surface area contributed by atoms with Gasteiger partial charge in [-0.05, 0) is 38.1 Å². The topological polar surface area (TPSA) is 69.2 Å². The predicted molar refractivity (Wildman–Crippen MR) is 87.5 cm³/mol. The zero-order valence-corrected chi connectivity index (χ0v) is 13.4. The summed E-state index contributed by atoms with van der Waals surface area (Å²) in [7, 11) is 1.78. The van der Waals surface area contributed by atoms with E-state index in [1.165, 1.54) is 0 Å². The summed E-state index contributed by atoms with van der Waals surface area (Å²) in [4.78, 5) is 24.7. The molecule has 3 aromatic heterocycles. The second-order valence-electron chi connectivity index (χ2n) is 5.49. The van der Waals surface area contributed by atoms with Crippen LogP contribution in [-0.4, -0.2) is 15.0 Å². The molecule has 1 N–H and O–H groups in total. The highest BCUT2D eigenvalue weighted by Crippen LogP contribution is 2.15. The molecule has 0 atom stereocenters. The number of rotatable bonds is 4. The fraction of sp³-hybridized carbons (Fsp3) is 0.294. The van der Waals surface area contributed by atoms with Gasteiger partial charge in [-0.1, -0.05) is 0 Å². The van der Waals surface area contributed by atoms with Gasteiger partial charge in [0.15, 0.2) is 0 Å². The summed E-state index contributed by atoms with van der Waals surface area (Å²) in [6.07, 6.45) is 1.75. The Kier molecular flexibility index (Phi) is 3.82. The average Bonchev–Trinajstić information content (AvgIpc) is 3.10. The maximum atomic E-state index is 12.4. The van der Waals surface area contributed by atoms with Crippen molar-refractivity contribution < 1.29 is 9.21 Å². The number of aryl methyl sites for hydroxylation is 3. The number of pyridine rings is 1. The van der Waals surface area contributed by atoms with Gasteiger partial charge >= 0.3 is 0 Å². The minimum Gasteiger partial charge on any atom is -0.465 e. The van der Waals surface area contributed by atoms with Gasteiger partial charge < -0.3 is 18.9 Å². The van der Waals surface area contributed by atoms with E-state index in [4.69, 9.17) is 4.42 Å². The number of hydrogen-bond acceptors (Lipinski definition) is 3. The largest absolute Gasteiger partial charge is 0.465 e. The van der Waals surface area contributed by atoms with Crippen LogP contribution in [0.3, 0.4) is 0 Å². The lowest BCUT2D eigenvalue weighted by Crippen LogP contribution is -2.24. The predicted octanol–water partition coefficient (Wildman–Crippen LogP) is 2.19. The quantitative estimate of drug-likeness (QED) is 0.803. The Morgan fingerprint density at radius 2 is 2.09 bits per heavy atom. The van der Waals surface area contributed by atoms with Gasteiger partial charge in [0.1, 0.15) is 17.2 Å². The van der Waals surface area contributed by atoms with Crippen LogP contribution in [0.5, 0.6) is 0 Å². The molecule has 3 aromatic rings. The van der Waals surface area contributed by atoms with Gasteiger partial charge in [0, 0.05) is 19.8 Å². The molecular formula is C17H19N3O3. The molecule has 0 aliphatic carbocycles. The van der Waals surface area contributed by atoms with Crippen molar-refractivity contribution in [2.75, 3.05) is 0 Å². The van der Waals surface area contributed by atoms with Crippen molar-refractivity contribution in [3.8, 4) is 0 Å². The van der Waals surface area contributed by atoms with Gasteiger partial charge in [-0.3, -0.25) is 9.59 Å². The van der Waals surface area contributed by atoms with Gasteiger partial charge in [0.25, 0.3) is 11.5 Å². The maximum Gasteiger partial charge on any atom is 0.268 e. The molecular weight excluding hydrogens is 294 g/mol. The lowest BCUT2D eigenvalue weighted by atomic mass is 10.3. The zero-order chi connectivity index (χ0) is 16.6. The molecule has 0 radical (unpaired) electrons. The fourth-order valence-electron chi connectivity index (χ4n) is 2.68. The molecule has 0 aliphatic heterocycles. The van der Waals surface area contributed by atoms with E-state index in [0.717, 1.165) is 11.3 Å². The van der Waals surface area contributed by atoms with Gasteiger partial charge in [-0.2, -0.15) is 0 Å². The van der Waals surface area contributed by atoms with E-state index in [1.54, 1.807) is 28.4 Å². The van der Waals surface area contributed by atoms with Crippen LogP contribution < -0.4 is 10.9 Å². The van der Waals surface area contributed by atoms with Crippen LogP contribution >= 0.6 is 0 Å². The third kappa shape index (κ3) is 2.67. The highest BCUT2D eigenvalue weighted by molar-refractivity contribution is 5.98. The Morgan fingerprint density at radius 1 is 1.30 bits per heavy atom. The molecule has 6 nitrogen and oxygen atoms in total. The van der Waals surface area contributed by atoms with E-state index in [2.05, 4.69) is 5.32 Å². The summed E-state index contributed by atoms with van der Waals surface area (Å²) in [5.41, 5.74) is 1.12. The summed E-state index contributed by atoms with van der Waals surface area (Å²) in [6.45, 7) is 4.68. The van der Waals surface area contributed by atoms with E-state index in [9.17, 15) is 9.59 Å². The normalized spacial score (nSPS) is 11.1. The SMILES string of the molecule is CCn1ccc2c(cc(C(=O)NCc3ccc(C)o3)n2C)c1=O. The monoisotopic (exact) mass is 313 g/mol. The highest BCUT2D eigenvalue weighted by Gasteiger charge is 2.16. The summed E-state index contributed by atoms with van der Waals surface area (Å²) in [5, 5.41) is 3.37. The van der Waals surface area contributed by atoms with E-state index < -0.39 is 0 Å². The summed E-state index contributed by atoms with van der Waals surface area (Å²) in [6, 6.07) is 7.18. The maximum absolute atomic E-state index is 12.4. The number of carbonyl (C=O) groups is 1. The first-order valence-electron chi connectivity index (χ1n) is 7.53. The molecule has 3 rings (SSSR count). The van der Waals surface area contributed by atoms with Crippen LogP contribution in [0, 0.1) is 6.92 Å². The first-order valence-corrected chi connectivity index (χ1v) is 7.53. The van der Waals surface area contributed by atoms with Crippen molar-refractivity contribution in [1.82, 2.24) is 14.5 Å². The first-order chi connectivity index (χ1) is 11.0. The Balaban J connectivity index is 1.90. The molecule has 0 fully saturated rings. The molecule has 0 bridgehead atoms. The van der Waals surface area contributed by atoms with Gasteiger partial charge in [-0.25, -0.2) is 0 Å². The number of amides is 1. The molecule has 0 aromatic carbocycles. The van der Waals surface area contributed by atoms with E-state index in [0.29, 0.717) is 29.9 Å². The number of nitrogens with zero attached hydrogens (tertiary/aromatic N) is 2. The Morgan fingerprint density at radius 3 is 2.74 bits per heavy atom. The number of nitrogens with one attached hydrogen (secondary N) is 1. The third-order valence-electron chi connectivity index (χ3n) is 3.98. The molecule has 3 heterocycles. The van der Waals surface area contributed by atoms with Crippen LogP contribution in [0.15, 0.2) is 39.7 Å². The van der Waals surface area contributed by atoms with Crippen LogP contribution in [0.25, 0.3) is 10.9 Å². The molecule has 0 spiro atoms. The van der Waals surface area contributed by atoms with Gasteiger partial charge in [-0.15, -0.1) is 0 Å². The van der Waals surface area contributed by atoms with Crippen molar-refractivity contribution >= 4 is 16.8 Å².